The molecule has 2 aromatic rings. The van der Waals surface area contributed by atoms with Crippen molar-refractivity contribution >= 4 is 0 Å². The normalized spacial score (nSPS) is 12.3. The molecule has 19 heavy (non-hydrogen) atoms. The second kappa shape index (κ2) is 7.07. The first-order valence-electron chi connectivity index (χ1n) is 6.72. The van der Waals surface area contributed by atoms with E-state index in [2.05, 4.69) is 6.07 Å². The maximum Gasteiger partial charge on any atom is 0.0793 e. The Kier molecular flexibility index (Phi) is 5.13. The smallest absolute Gasteiger partial charge is 0.0793 e. The van der Waals surface area contributed by atoms with Gasteiger partial charge in [-0.3, -0.25) is 0 Å². The molecule has 0 saturated carbocycles. The highest BCUT2D eigenvalue weighted by atomic mass is 16.3. The maximum atomic E-state index is 10.2. The van der Waals surface area contributed by atoms with Gasteiger partial charge in [0.05, 0.1) is 6.10 Å². The second-order valence-electron chi connectivity index (χ2n) is 4.71. The molecule has 0 aliphatic heterocycles. The van der Waals surface area contributed by atoms with Gasteiger partial charge in [-0.1, -0.05) is 54.6 Å². The molecule has 0 spiro atoms. The van der Waals surface area contributed by atoms with Crippen molar-refractivity contribution in [1.29, 1.82) is 0 Å². The molecule has 0 radical (unpaired) electrons. The monoisotopic (exact) mass is 256 g/mol. The first-order chi connectivity index (χ1) is 9.31. The molecule has 2 nitrogen and oxygen atoms in total. The molecule has 0 aliphatic carbocycles. The zero-order chi connectivity index (χ0) is 13.5. The van der Waals surface area contributed by atoms with Crippen LogP contribution < -0.4 is 0 Å². The molecule has 2 heteroatoms. The van der Waals surface area contributed by atoms with Gasteiger partial charge >= 0.3 is 0 Å². The molecule has 0 fully saturated rings. The van der Waals surface area contributed by atoms with Crippen LogP contribution in [-0.2, 0) is 12.8 Å². The summed E-state index contributed by atoms with van der Waals surface area (Å²) in [6, 6.07) is 17.8. The molecular weight excluding hydrogens is 236 g/mol. The number of aliphatic hydroxyl groups is 2. The summed E-state index contributed by atoms with van der Waals surface area (Å²) in [6.45, 7) is 0.165. The van der Waals surface area contributed by atoms with Crippen molar-refractivity contribution < 1.29 is 10.2 Å². The summed E-state index contributed by atoms with van der Waals surface area (Å²) >= 11 is 0. The molecule has 100 valence electrons. The summed E-state index contributed by atoms with van der Waals surface area (Å²) in [5, 5.41) is 19.2. The number of rotatable bonds is 6. The van der Waals surface area contributed by atoms with Crippen LogP contribution >= 0.6 is 0 Å². The van der Waals surface area contributed by atoms with Crippen molar-refractivity contribution in [3.05, 3.63) is 71.3 Å². The number of aliphatic hydroxyl groups excluding tert-OH is 2. The van der Waals surface area contributed by atoms with Crippen molar-refractivity contribution in [3.63, 3.8) is 0 Å². The van der Waals surface area contributed by atoms with Crippen molar-refractivity contribution in [3.8, 4) is 0 Å². The average molecular weight is 256 g/mol. The van der Waals surface area contributed by atoms with Gasteiger partial charge in [0.2, 0.25) is 0 Å². The predicted molar refractivity (Wildman–Crippen MR) is 77.0 cm³/mol. The van der Waals surface area contributed by atoms with Gasteiger partial charge in [-0.15, -0.1) is 0 Å². The molecule has 0 saturated heterocycles. The maximum absolute atomic E-state index is 10.2. The van der Waals surface area contributed by atoms with Crippen molar-refractivity contribution in [1.82, 2.24) is 0 Å². The Morgan fingerprint density at radius 2 is 1.37 bits per heavy atom. The van der Waals surface area contributed by atoms with Gasteiger partial charge in [-0.2, -0.15) is 0 Å². The van der Waals surface area contributed by atoms with E-state index in [1.807, 2.05) is 48.5 Å². The highest BCUT2D eigenvalue weighted by Crippen LogP contribution is 2.20. The first-order valence-corrected chi connectivity index (χ1v) is 6.72. The lowest BCUT2D eigenvalue weighted by Crippen LogP contribution is -2.02. The minimum Gasteiger partial charge on any atom is -0.396 e. The number of hydrogen-bond acceptors (Lipinski definition) is 2. The van der Waals surface area contributed by atoms with Gasteiger partial charge in [0.15, 0.2) is 0 Å². The van der Waals surface area contributed by atoms with Crippen LogP contribution in [0.5, 0.6) is 0 Å². The lowest BCUT2D eigenvalue weighted by molar-refractivity contribution is 0.167. The molecule has 2 rings (SSSR count). The van der Waals surface area contributed by atoms with E-state index >= 15 is 0 Å². The highest BCUT2D eigenvalue weighted by Gasteiger charge is 2.08. The molecule has 2 aromatic carbocycles. The fourth-order valence-electron chi connectivity index (χ4n) is 2.30. The summed E-state index contributed by atoms with van der Waals surface area (Å²) in [5.74, 6) is 0. The van der Waals surface area contributed by atoms with Gasteiger partial charge in [0, 0.05) is 6.61 Å². The van der Waals surface area contributed by atoms with Crippen molar-refractivity contribution in [2.45, 2.75) is 25.4 Å². The van der Waals surface area contributed by atoms with E-state index in [-0.39, 0.29) is 6.61 Å². The first kappa shape index (κ1) is 13.8. The molecule has 2 N–H and O–H groups in total. The average Bonchev–Trinajstić information content (AvgIpc) is 2.47. The molecule has 0 bridgehead atoms. The fraction of sp³-hybridized carbons (Fsp3) is 0.294. The standard InChI is InChI=1S/C17H20O2/c18-13-12-15-7-5-4-6-14(15)10-11-17(19)16-8-2-1-3-9-16/h1-9,17-19H,10-13H2. The van der Waals surface area contributed by atoms with Gasteiger partial charge in [0.1, 0.15) is 0 Å². The van der Waals surface area contributed by atoms with E-state index in [4.69, 9.17) is 5.11 Å². The lowest BCUT2D eigenvalue weighted by Gasteiger charge is -2.13. The summed E-state index contributed by atoms with van der Waals surface area (Å²) in [6.07, 6.45) is 1.78. The minimum absolute atomic E-state index is 0.165. The van der Waals surface area contributed by atoms with E-state index in [1.54, 1.807) is 0 Å². The van der Waals surface area contributed by atoms with Gasteiger partial charge in [-0.05, 0) is 36.0 Å². The van der Waals surface area contributed by atoms with Crippen LogP contribution in [0, 0.1) is 0 Å². The largest absolute Gasteiger partial charge is 0.396 e. The molecular formula is C17H20O2. The third kappa shape index (κ3) is 3.91. The Morgan fingerprint density at radius 3 is 2.00 bits per heavy atom. The summed E-state index contributed by atoms with van der Waals surface area (Å²) < 4.78 is 0. The van der Waals surface area contributed by atoms with E-state index < -0.39 is 6.10 Å². The number of benzene rings is 2. The van der Waals surface area contributed by atoms with Crippen LogP contribution in [0.3, 0.4) is 0 Å². The van der Waals surface area contributed by atoms with Gasteiger partial charge < -0.3 is 10.2 Å². The van der Waals surface area contributed by atoms with Crippen LogP contribution in [0.1, 0.15) is 29.2 Å². The molecule has 1 atom stereocenters. The Labute approximate surface area is 114 Å². The van der Waals surface area contributed by atoms with Crippen molar-refractivity contribution in [2.24, 2.45) is 0 Å². The topological polar surface area (TPSA) is 40.5 Å². The van der Waals surface area contributed by atoms with Crippen LogP contribution in [0.25, 0.3) is 0 Å². The summed E-state index contributed by atoms with van der Waals surface area (Å²) in [5.41, 5.74) is 3.35. The predicted octanol–water partition coefficient (Wildman–Crippen LogP) is 2.89. The zero-order valence-electron chi connectivity index (χ0n) is 11.0. The van der Waals surface area contributed by atoms with Crippen LogP contribution in [0.15, 0.2) is 54.6 Å². The molecule has 0 aromatic heterocycles. The van der Waals surface area contributed by atoms with Crippen LogP contribution in [0.2, 0.25) is 0 Å². The molecule has 0 aliphatic rings. The minimum atomic E-state index is -0.427. The molecule has 0 amide bonds. The molecule has 1 unspecified atom stereocenters. The summed E-state index contributed by atoms with van der Waals surface area (Å²) in [4.78, 5) is 0. The molecule has 0 heterocycles. The zero-order valence-corrected chi connectivity index (χ0v) is 11.0. The van der Waals surface area contributed by atoms with Crippen molar-refractivity contribution in [2.75, 3.05) is 6.61 Å². The lowest BCUT2D eigenvalue weighted by atomic mass is 9.97. The Hall–Kier alpha value is -1.64. The fourth-order valence-corrected chi connectivity index (χ4v) is 2.30. The third-order valence-electron chi connectivity index (χ3n) is 3.37. The van der Waals surface area contributed by atoms with Crippen LogP contribution in [-0.4, -0.2) is 16.8 Å². The second-order valence-corrected chi connectivity index (χ2v) is 4.71. The highest BCUT2D eigenvalue weighted by molar-refractivity contribution is 5.28. The van der Waals surface area contributed by atoms with E-state index in [0.29, 0.717) is 12.8 Å². The number of hydrogen-bond donors (Lipinski definition) is 2. The van der Waals surface area contributed by atoms with Crippen LogP contribution in [0.4, 0.5) is 0 Å². The van der Waals surface area contributed by atoms with E-state index in [1.165, 1.54) is 11.1 Å². The van der Waals surface area contributed by atoms with E-state index in [9.17, 15) is 5.11 Å². The number of aryl methyl sites for hydroxylation is 1. The SMILES string of the molecule is OCCc1ccccc1CCC(O)c1ccccc1. The summed E-state index contributed by atoms with van der Waals surface area (Å²) in [7, 11) is 0. The Bertz CT molecular complexity index is 494. The Balaban J connectivity index is 1.99. The van der Waals surface area contributed by atoms with E-state index in [0.717, 1.165) is 12.0 Å². The van der Waals surface area contributed by atoms with Gasteiger partial charge in [-0.25, -0.2) is 0 Å². The van der Waals surface area contributed by atoms with Gasteiger partial charge in [0.25, 0.3) is 0 Å². The Morgan fingerprint density at radius 1 is 0.789 bits per heavy atom. The third-order valence-corrected chi connectivity index (χ3v) is 3.37. The quantitative estimate of drug-likeness (QED) is 0.834.